The molecule has 1 N–H and O–H groups in total. The Hall–Kier alpha value is -3.68. The van der Waals surface area contributed by atoms with Gasteiger partial charge in [-0.1, -0.05) is 11.6 Å². The molecule has 5 heterocycles. The normalized spacial score (nSPS) is 18.2. The molecule has 0 radical (unpaired) electrons. The van der Waals surface area contributed by atoms with Gasteiger partial charge in [0, 0.05) is 62.6 Å². The number of rotatable bonds is 5. The van der Waals surface area contributed by atoms with Crippen molar-refractivity contribution >= 4 is 40.5 Å². The Morgan fingerprint density at radius 1 is 1.20 bits per heavy atom. The van der Waals surface area contributed by atoms with Crippen molar-refractivity contribution in [3.8, 4) is 17.2 Å². The zero-order valence-corrected chi connectivity index (χ0v) is 24.4. The summed E-state index contributed by atoms with van der Waals surface area (Å²) in [5.41, 5.74) is 2.85. The predicted octanol–water partition coefficient (Wildman–Crippen LogP) is 5.64. The van der Waals surface area contributed by atoms with Gasteiger partial charge in [0.1, 0.15) is 23.0 Å². The van der Waals surface area contributed by atoms with Crippen LogP contribution in [0.3, 0.4) is 0 Å². The maximum Gasteiger partial charge on any atom is 0.410 e. The van der Waals surface area contributed by atoms with Gasteiger partial charge in [-0.15, -0.1) is 0 Å². The van der Waals surface area contributed by atoms with Gasteiger partial charge in [0.05, 0.1) is 22.0 Å². The average Bonchev–Trinajstić information content (AvgIpc) is 3.30. The molecule has 2 aliphatic heterocycles. The lowest BCUT2D eigenvalue weighted by atomic mass is 9.97. The van der Waals surface area contributed by atoms with E-state index in [0.717, 1.165) is 43.7 Å². The summed E-state index contributed by atoms with van der Waals surface area (Å²) in [6, 6.07) is 5.97. The van der Waals surface area contributed by atoms with E-state index in [1.807, 2.05) is 33.0 Å². The van der Waals surface area contributed by atoms with Crippen molar-refractivity contribution in [2.45, 2.75) is 58.6 Å². The van der Waals surface area contributed by atoms with Crippen molar-refractivity contribution in [3.05, 3.63) is 41.3 Å². The Bertz CT molecular complexity index is 1480. The Labute approximate surface area is 244 Å². The van der Waals surface area contributed by atoms with Crippen LogP contribution in [-0.2, 0) is 20.8 Å². The van der Waals surface area contributed by atoms with E-state index in [2.05, 4.69) is 25.9 Å². The fourth-order valence-corrected chi connectivity index (χ4v) is 5.61. The van der Waals surface area contributed by atoms with E-state index in [1.54, 1.807) is 17.2 Å². The van der Waals surface area contributed by atoms with Gasteiger partial charge in [-0.25, -0.2) is 9.78 Å². The molecule has 0 unspecified atom stereocenters. The van der Waals surface area contributed by atoms with E-state index in [4.69, 9.17) is 21.1 Å². The van der Waals surface area contributed by atoms with Gasteiger partial charge >= 0.3 is 6.09 Å². The number of ether oxygens (including phenoxy) is 2. The van der Waals surface area contributed by atoms with Gasteiger partial charge in [-0.2, -0.15) is 5.26 Å². The summed E-state index contributed by atoms with van der Waals surface area (Å²) in [4.78, 5) is 36.3. The summed E-state index contributed by atoms with van der Waals surface area (Å²) in [6.45, 7) is 8.58. The third-order valence-electron chi connectivity index (χ3n) is 7.49. The van der Waals surface area contributed by atoms with E-state index in [1.165, 1.54) is 6.20 Å². The predicted molar refractivity (Wildman–Crippen MR) is 155 cm³/mol. The molecule has 216 valence electrons. The Kier molecular flexibility index (Phi) is 8.47. The van der Waals surface area contributed by atoms with Crippen molar-refractivity contribution < 1.29 is 19.1 Å². The van der Waals surface area contributed by atoms with Crippen LogP contribution in [0.25, 0.3) is 22.2 Å². The van der Waals surface area contributed by atoms with Crippen LogP contribution in [0.15, 0.2) is 30.7 Å². The van der Waals surface area contributed by atoms with E-state index in [9.17, 15) is 14.9 Å². The lowest BCUT2D eigenvalue weighted by molar-refractivity contribution is -0.121. The Balaban J connectivity index is 1.35. The maximum absolute atomic E-state index is 13.2. The molecule has 2 fully saturated rings. The molecule has 41 heavy (non-hydrogen) atoms. The van der Waals surface area contributed by atoms with Gasteiger partial charge < -0.3 is 24.3 Å². The molecule has 0 spiro atoms. The van der Waals surface area contributed by atoms with Crippen LogP contribution in [0.5, 0.6) is 0 Å². The number of nitrogens with zero attached hydrogens (tertiary/aromatic N) is 5. The number of likely N-dealkylation sites (tertiary alicyclic amines) is 1. The topological polar surface area (TPSA) is 122 Å². The second kappa shape index (κ2) is 12.0. The minimum absolute atomic E-state index is 0.211. The first-order valence-corrected chi connectivity index (χ1v) is 14.4. The lowest BCUT2D eigenvalue weighted by Crippen LogP contribution is -2.45. The SMILES string of the molecule is CC(C)(C)OC(=O)N1CCC[C@@H](C(=O)Nc2cc(-c3cnc4c(C#N)cn(CC5CCOCC5)c4c3)c(Cl)cn2)C1. The van der Waals surface area contributed by atoms with Crippen molar-refractivity contribution in [2.24, 2.45) is 11.8 Å². The number of hydrogen-bond acceptors (Lipinski definition) is 7. The second-order valence-corrected chi connectivity index (χ2v) is 12.2. The van der Waals surface area contributed by atoms with Crippen LogP contribution in [-0.4, -0.2) is 63.3 Å². The van der Waals surface area contributed by atoms with Crippen LogP contribution in [0.4, 0.5) is 10.6 Å². The highest BCUT2D eigenvalue weighted by molar-refractivity contribution is 6.33. The molecule has 0 saturated carbocycles. The van der Waals surface area contributed by atoms with Gasteiger partial charge in [0.15, 0.2) is 0 Å². The van der Waals surface area contributed by atoms with Crippen LogP contribution in [0.2, 0.25) is 5.02 Å². The number of carbonyl (C=O) groups excluding carboxylic acids is 2. The molecular weight excluding hydrogens is 544 g/mol. The number of nitriles is 1. The molecule has 0 bridgehead atoms. The molecule has 3 aromatic heterocycles. The second-order valence-electron chi connectivity index (χ2n) is 11.8. The maximum atomic E-state index is 13.2. The van der Waals surface area contributed by atoms with Crippen LogP contribution in [0.1, 0.15) is 52.0 Å². The van der Waals surface area contributed by atoms with E-state index in [0.29, 0.717) is 52.8 Å². The number of carbonyl (C=O) groups is 2. The van der Waals surface area contributed by atoms with E-state index < -0.39 is 11.7 Å². The molecule has 3 aromatic rings. The highest BCUT2D eigenvalue weighted by atomic mass is 35.5. The first kappa shape index (κ1) is 28.8. The quantitative estimate of drug-likeness (QED) is 0.416. The first-order valence-electron chi connectivity index (χ1n) is 14.0. The third kappa shape index (κ3) is 6.80. The van der Waals surface area contributed by atoms with Gasteiger partial charge in [0.25, 0.3) is 0 Å². The Morgan fingerprint density at radius 2 is 1.98 bits per heavy atom. The molecule has 2 amide bonds. The van der Waals surface area contributed by atoms with Gasteiger partial charge in [0.2, 0.25) is 5.91 Å². The fraction of sp³-hybridized carbons (Fsp3) is 0.500. The smallest absolute Gasteiger partial charge is 0.410 e. The summed E-state index contributed by atoms with van der Waals surface area (Å²) < 4.78 is 13.1. The zero-order valence-electron chi connectivity index (χ0n) is 23.7. The molecule has 11 heteroatoms. The summed E-state index contributed by atoms with van der Waals surface area (Å²) in [7, 11) is 0. The van der Waals surface area contributed by atoms with Crippen LogP contribution < -0.4 is 5.32 Å². The molecule has 10 nitrogen and oxygen atoms in total. The van der Waals surface area contributed by atoms with Crippen molar-refractivity contribution in [3.63, 3.8) is 0 Å². The van der Waals surface area contributed by atoms with Gasteiger partial charge in [-0.3, -0.25) is 9.78 Å². The summed E-state index contributed by atoms with van der Waals surface area (Å²) in [5, 5.41) is 13.0. The molecule has 5 rings (SSSR count). The first-order chi connectivity index (χ1) is 19.6. The lowest BCUT2D eigenvalue weighted by Gasteiger charge is -2.33. The monoisotopic (exact) mass is 578 g/mol. The fourth-order valence-electron chi connectivity index (χ4n) is 5.39. The molecule has 2 saturated heterocycles. The number of halogens is 1. The summed E-state index contributed by atoms with van der Waals surface area (Å²) in [5.74, 6) is 0.232. The van der Waals surface area contributed by atoms with Crippen LogP contribution in [0, 0.1) is 23.2 Å². The number of fused-ring (bicyclic) bond motifs is 1. The number of pyridine rings is 2. The van der Waals surface area contributed by atoms with E-state index >= 15 is 0 Å². The minimum Gasteiger partial charge on any atom is -0.444 e. The summed E-state index contributed by atoms with van der Waals surface area (Å²) >= 11 is 6.57. The van der Waals surface area contributed by atoms with E-state index in [-0.39, 0.29) is 18.4 Å². The average molecular weight is 579 g/mol. The van der Waals surface area contributed by atoms with Crippen molar-refractivity contribution in [1.29, 1.82) is 5.26 Å². The molecular formula is C30H35ClN6O4. The highest BCUT2D eigenvalue weighted by Crippen LogP contribution is 2.33. The third-order valence-corrected chi connectivity index (χ3v) is 7.80. The zero-order chi connectivity index (χ0) is 29.1. The Morgan fingerprint density at radius 3 is 2.71 bits per heavy atom. The largest absolute Gasteiger partial charge is 0.444 e. The van der Waals surface area contributed by atoms with Crippen LogP contribution >= 0.6 is 11.6 Å². The minimum atomic E-state index is -0.601. The van der Waals surface area contributed by atoms with Gasteiger partial charge in [-0.05, 0) is 64.5 Å². The number of nitrogens with one attached hydrogen (secondary N) is 1. The standard InChI is InChI=1S/C30H35ClN6O4/c1-30(2,3)41-29(39)36-8-4-5-20(17-36)28(38)35-26-12-23(24(31)15-33-26)21-11-25-27(34-14-21)22(13-32)18-37(25)16-19-6-9-40-10-7-19/h11-12,14-15,18-20H,4-10,16-17H2,1-3H3,(H,33,35,38)/t20-/m1/s1. The molecule has 2 aliphatic rings. The highest BCUT2D eigenvalue weighted by Gasteiger charge is 2.31. The number of aromatic nitrogens is 3. The number of anilines is 1. The van der Waals surface area contributed by atoms with Crippen molar-refractivity contribution in [2.75, 3.05) is 31.6 Å². The number of hydrogen-bond donors (Lipinski definition) is 1. The molecule has 0 aliphatic carbocycles. The number of amides is 2. The molecule has 0 aromatic carbocycles. The molecule has 1 atom stereocenters. The van der Waals surface area contributed by atoms with Crippen molar-refractivity contribution in [1.82, 2.24) is 19.4 Å². The summed E-state index contributed by atoms with van der Waals surface area (Å²) in [6.07, 6.45) is 7.97. The number of piperidine rings is 1.